The van der Waals surface area contributed by atoms with Gasteiger partial charge < -0.3 is 19.5 Å². The van der Waals surface area contributed by atoms with Gasteiger partial charge in [0.2, 0.25) is 5.88 Å². The van der Waals surface area contributed by atoms with Gasteiger partial charge in [0.25, 0.3) is 5.91 Å². The van der Waals surface area contributed by atoms with Crippen LogP contribution in [0.2, 0.25) is 0 Å². The van der Waals surface area contributed by atoms with E-state index >= 15 is 0 Å². The molecular weight excluding hydrogens is 456 g/mol. The second-order valence-electron chi connectivity index (χ2n) is 9.45. The maximum Gasteiger partial charge on any atom is 0.259 e. The van der Waals surface area contributed by atoms with Crippen LogP contribution >= 0.6 is 0 Å². The molecule has 0 fully saturated rings. The summed E-state index contributed by atoms with van der Waals surface area (Å²) >= 11 is 0. The number of methoxy groups -OCH3 is 1. The number of nitrogens with zero attached hydrogens (tertiary/aromatic N) is 4. The fraction of sp³-hybridized carbons (Fsp3) is 0.393. The van der Waals surface area contributed by atoms with E-state index in [0.717, 1.165) is 22.6 Å². The minimum absolute atomic E-state index is 0.0188. The molecule has 2 aromatic heterocycles. The molecular formula is C28H34N4O4. The second kappa shape index (κ2) is 11.5. The predicted octanol–water partition coefficient (Wildman–Crippen LogP) is 3.50. The van der Waals surface area contributed by atoms with E-state index in [-0.39, 0.29) is 30.6 Å². The second-order valence-corrected chi connectivity index (χ2v) is 9.45. The average Bonchev–Trinajstić information content (AvgIpc) is 2.90. The van der Waals surface area contributed by atoms with Crippen LogP contribution in [-0.2, 0) is 6.54 Å². The summed E-state index contributed by atoms with van der Waals surface area (Å²) in [5, 5.41) is 9.89. The first-order chi connectivity index (χ1) is 17.4. The van der Waals surface area contributed by atoms with E-state index in [1.165, 1.54) is 0 Å². The van der Waals surface area contributed by atoms with Crippen molar-refractivity contribution in [3.8, 4) is 22.8 Å². The van der Waals surface area contributed by atoms with Crippen LogP contribution in [0.5, 0.6) is 11.6 Å². The number of hydrogen-bond acceptors (Lipinski definition) is 7. The molecule has 8 nitrogen and oxygen atoms in total. The van der Waals surface area contributed by atoms with E-state index in [2.05, 4.69) is 21.8 Å². The fourth-order valence-electron chi connectivity index (χ4n) is 4.40. The van der Waals surface area contributed by atoms with Crippen LogP contribution in [0.3, 0.4) is 0 Å². The fourth-order valence-corrected chi connectivity index (χ4v) is 4.40. The highest BCUT2D eigenvalue weighted by molar-refractivity contribution is 5.98. The predicted molar refractivity (Wildman–Crippen MR) is 138 cm³/mol. The van der Waals surface area contributed by atoms with E-state index in [0.29, 0.717) is 31.1 Å². The lowest BCUT2D eigenvalue weighted by Crippen LogP contribution is -2.49. The Kier molecular flexibility index (Phi) is 8.18. The van der Waals surface area contributed by atoms with Crippen LogP contribution in [0.15, 0.2) is 60.9 Å². The molecule has 1 aromatic carbocycles. The standard InChI is InChI=1S/C28H34N4O4/c1-19-15-32(20(2)18-33)28(34)25-13-22(21-8-10-24(35-4)11-9-21)14-30-27(25)36-26(19)17-31(3)16-23-7-5-6-12-29-23/h5-14,19-20,26,33H,15-18H2,1-4H3/t19-,20-,26-/m0/s1. The maximum absolute atomic E-state index is 13.6. The molecule has 0 radical (unpaired) electrons. The summed E-state index contributed by atoms with van der Waals surface area (Å²) in [4.78, 5) is 26.6. The van der Waals surface area contributed by atoms with Crippen molar-refractivity contribution in [2.24, 2.45) is 5.92 Å². The number of rotatable bonds is 8. The topological polar surface area (TPSA) is 88.0 Å². The molecule has 1 aliphatic heterocycles. The molecule has 4 rings (SSSR count). The highest BCUT2D eigenvalue weighted by Crippen LogP contribution is 2.31. The molecule has 0 saturated heterocycles. The number of benzene rings is 1. The van der Waals surface area contributed by atoms with Gasteiger partial charge in [-0.25, -0.2) is 4.98 Å². The Balaban J connectivity index is 1.65. The Hall–Kier alpha value is -3.49. The molecule has 1 N–H and O–H groups in total. The zero-order valence-corrected chi connectivity index (χ0v) is 21.3. The molecule has 0 unspecified atom stereocenters. The van der Waals surface area contributed by atoms with Gasteiger partial charge in [0.15, 0.2) is 0 Å². The Labute approximate surface area is 212 Å². The van der Waals surface area contributed by atoms with Crippen LogP contribution in [-0.4, -0.2) is 76.8 Å². The molecule has 1 aliphatic rings. The third kappa shape index (κ3) is 5.83. The third-order valence-corrected chi connectivity index (χ3v) is 6.59. The number of fused-ring (bicyclic) bond motifs is 1. The lowest BCUT2D eigenvalue weighted by Gasteiger charge is -2.37. The highest BCUT2D eigenvalue weighted by atomic mass is 16.5. The molecule has 190 valence electrons. The molecule has 0 bridgehead atoms. The molecule has 0 saturated carbocycles. The minimum atomic E-state index is -0.331. The van der Waals surface area contributed by atoms with E-state index in [4.69, 9.17) is 9.47 Å². The molecule has 3 atom stereocenters. The number of pyridine rings is 2. The first-order valence-electron chi connectivity index (χ1n) is 12.2. The average molecular weight is 491 g/mol. The Morgan fingerprint density at radius 1 is 1.19 bits per heavy atom. The van der Waals surface area contributed by atoms with Crippen LogP contribution in [0.25, 0.3) is 11.1 Å². The summed E-state index contributed by atoms with van der Waals surface area (Å²) in [7, 11) is 3.66. The maximum atomic E-state index is 13.6. The zero-order chi connectivity index (χ0) is 25.7. The molecule has 1 amide bonds. The first kappa shape index (κ1) is 25.6. The molecule has 3 aromatic rings. The first-order valence-corrected chi connectivity index (χ1v) is 12.2. The molecule has 36 heavy (non-hydrogen) atoms. The summed E-state index contributed by atoms with van der Waals surface area (Å²) < 4.78 is 11.7. The summed E-state index contributed by atoms with van der Waals surface area (Å²) in [6.07, 6.45) is 3.31. The van der Waals surface area contributed by atoms with E-state index in [1.807, 2.05) is 62.5 Å². The van der Waals surface area contributed by atoms with Crippen molar-refractivity contribution in [3.05, 3.63) is 72.2 Å². The number of hydrogen-bond donors (Lipinski definition) is 1. The van der Waals surface area contributed by atoms with Crippen molar-refractivity contribution in [3.63, 3.8) is 0 Å². The van der Waals surface area contributed by atoms with Gasteiger partial charge in [-0.2, -0.15) is 0 Å². The minimum Gasteiger partial charge on any atom is -0.497 e. The van der Waals surface area contributed by atoms with E-state index in [1.54, 1.807) is 24.4 Å². The molecule has 0 aliphatic carbocycles. The van der Waals surface area contributed by atoms with Crippen molar-refractivity contribution in [2.45, 2.75) is 32.5 Å². The van der Waals surface area contributed by atoms with Gasteiger partial charge in [-0.15, -0.1) is 0 Å². The number of aliphatic hydroxyl groups is 1. The third-order valence-electron chi connectivity index (χ3n) is 6.59. The highest BCUT2D eigenvalue weighted by Gasteiger charge is 2.34. The van der Waals surface area contributed by atoms with Crippen molar-refractivity contribution >= 4 is 5.91 Å². The molecule has 3 heterocycles. The van der Waals surface area contributed by atoms with Crippen molar-refractivity contribution in [1.29, 1.82) is 0 Å². The number of amides is 1. The van der Waals surface area contributed by atoms with Gasteiger partial charge >= 0.3 is 0 Å². The zero-order valence-electron chi connectivity index (χ0n) is 21.3. The number of aromatic nitrogens is 2. The summed E-state index contributed by atoms with van der Waals surface area (Å²) in [6, 6.07) is 15.0. The van der Waals surface area contributed by atoms with E-state index in [9.17, 15) is 9.90 Å². The van der Waals surface area contributed by atoms with Gasteiger partial charge in [0.1, 0.15) is 17.4 Å². The largest absolute Gasteiger partial charge is 0.497 e. The number of carbonyl (C=O) groups is 1. The Bertz CT molecular complexity index is 1160. The number of ether oxygens (including phenoxy) is 2. The summed E-state index contributed by atoms with van der Waals surface area (Å²) in [5.74, 6) is 0.897. The van der Waals surface area contributed by atoms with Crippen molar-refractivity contribution in [2.75, 3.05) is 33.9 Å². The van der Waals surface area contributed by atoms with Crippen molar-refractivity contribution < 1.29 is 19.4 Å². The quantitative estimate of drug-likeness (QED) is 0.517. The van der Waals surface area contributed by atoms with Gasteiger partial charge in [-0.05, 0) is 49.9 Å². The lowest BCUT2D eigenvalue weighted by atomic mass is 9.99. The van der Waals surface area contributed by atoms with Crippen LogP contribution < -0.4 is 9.47 Å². The number of likely N-dealkylation sites (N-methyl/N-ethyl adjacent to an activating group) is 1. The van der Waals surface area contributed by atoms with Gasteiger partial charge in [0, 0.05) is 43.5 Å². The number of aliphatic hydroxyl groups excluding tert-OH is 1. The van der Waals surface area contributed by atoms with Gasteiger partial charge in [-0.3, -0.25) is 14.7 Å². The SMILES string of the molecule is COc1ccc(-c2cnc3c(c2)C(=O)N([C@@H](C)CO)C[C@H](C)[C@H](CN(C)Cc2ccccn2)O3)cc1. The molecule has 0 spiro atoms. The van der Waals surface area contributed by atoms with Crippen molar-refractivity contribution in [1.82, 2.24) is 19.8 Å². The Morgan fingerprint density at radius 2 is 1.97 bits per heavy atom. The number of carbonyl (C=O) groups excluding carboxylic acids is 1. The van der Waals surface area contributed by atoms with Crippen LogP contribution in [0, 0.1) is 5.92 Å². The van der Waals surface area contributed by atoms with Gasteiger partial charge in [0.05, 0.1) is 25.5 Å². The summed E-state index contributed by atoms with van der Waals surface area (Å²) in [6.45, 7) is 5.59. The van der Waals surface area contributed by atoms with Crippen LogP contribution in [0.1, 0.15) is 29.9 Å². The smallest absolute Gasteiger partial charge is 0.259 e. The van der Waals surface area contributed by atoms with E-state index < -0.39 is 0 Å². The Morgan fingerprint density at radius 3 is 2.64 bits per heavy atom. The van der Waals surface area contributed by atoms with Gasteiger partial charge in [-0.1, -0.05) is 25.1 Å². The van der Waals surface area contributed by atoms with Crippen LogP contribution in [0.4, 0.5) is 0 Å². The normalized spacial score (nSPS) is 18.7. The monoisotopic (exact) mass is 490 g/mol. The lowest BCUT2D eigenvalue weighted by molar-refractivity contribution is 0.0324. The summed E-state index contributed by atoms with van der Waals surface area (Å²) in [5.41, 5.74) is 3.10. The molecule has 8 heteroatoms.